The van der Waals surface area contributed by atoms with Crippen molar-refractivity contribution in [1.29, 1.82) is 0 Å². The van der Waals surface area contributed by atoms with Gasteiger partial charge in [0.1, 0.15) is 0 Å². The van der Waals surface area contributed by atoms with Gasteiger partial charge in [-0.2, -0.15) is 0 Å². The number of hydrogen-bond donors (Lipinski definition) is 0. The highest BCUT2D eigenvalue weighted by molar-refractivity contribution is 5.34. The second-order valence-electron chi connectivity index (χ2n) is 4.21. The molecular formula is C17H14I+. The molecule has 0 radical (unpaired) electrons. The Balaban J connectivity index is 1.92. The Kier molecular flexibility index (Phi) is 3.60. The first-order chi connectivity index (χ1) is 8.93. The van der Waals surface area contributed by atoms with Crippen molar-refractivity contribution < 1.29 is 21.2 Å². The molecule has 0 atom stereocenters. The van der Waals surface area contributed by atoms with Crippen LogP contribution in [0.15, 0.2) is 78.9 Å². The summed E-state index contributed by atoms with van der Waals surface area (Å²) in [6.07, 6.45) is 8.83. The summed E-state index contributed by atoms with van der Waals surface area (Å²) >= 11 is -0.0788. The molecule has 3 rings (SSSR count). The maximum atomic E-state index is 2.29. The molecule has 2 aromatic rings. The van der Waals surface area contributed by atoms with Gasteiger partial charge in [-0.15, -0.1) is 0 Å². The van der Waals surface area contributed by atoms with Gasteiger partial charge in [-0.25, -0.2) is 0 Å². The monoisotopic (exact) mass is 345 g/mol. The van der Waals surface area contributed by atoms with Crippen LogP contribution in [0.25, 0.3) is 0 Å². The van der Waals surface area contributed by atoms with Crippen LogP contribution in [0.4, 0.5) is 0 Å². The lowest BCUT2D eigenvalue weighted by Crippen LogP contribution is -3.61. The average molecular weight is 345 g/mol. The summed E-state index contributed by atoms with van der Waals surface area (Å²) in [5.74, 6) is 0.476. The van der Waals surface area contributed by atoms with Crippen LogP contribution in [-0.2, 0) is 0 Å². The fraction of sp³-hybridized carbons (Fsp3) is 0.0588. The maximum absolute atomic E-state index is 2.29. The molecule has 0 heterocycles. The highest BCUT2D eigenvalue weighted by atomic mass is 127. The van der Waals surface area contributed by atoms with Gasteiger partial charge >= 0.3 is 21.2 Å². The normalized spacial score (nSPS) is 14.2. The van der Waals surface area contributed by atoms with E-state index in [2.05, 4.69) is 78.9 Å². The van der Waals surface area contributed by atoms with E-state index in [9.17, 15) is 0 Å². The van der Waals surface area contributed by atoms with Crippen LogP contribution in [0.1, 0.15) is 11.5 Å². The lowest BCUT2D eigenvalue weighted by atomic mass is 10.0. The summed E-state index contributed by atoms with van der Waals surface area (Å²) in [6, 6.07) is 19.7. The third-order valence-corrected chi connectivity index (χ3v) is 5.86. The molecule has 0 saturated heterocycles. The largest absolute Gasteiger partial charge is 0.358 e. The molecule has 0 amide bonds. The quantitative estimate of drug-likeness (QED) is 0.729. The molecule has 88 valence electrons. The molecule has 0 aliphatic heterocycles. The van der Waals surface area contributed by atoms with E-state index in [-0.39, 0.29) is 21.2 Å². The molecule has 0 bridgehead atoms. The third kappa shape index (κ3) is 2.56. The van der Waals surface area contributed by atoms with E-state index in [1.165, 1.54) is 12.7 Å². The second kappa shape index (κ2) is 5.53. The van der Waals surface area contributed by atoms with Crippen molar-refractivity contribution in [2.24, 2.45) is 0 Å². The summed E-state index contributed by atoms with van der Waals surface area (Å²) in [5.41, 5.74) is 1.47. The molecule has 0 saturated carbocycles. The van der Waals surface area contributed by atoms with E-state index < -0.39 is 0 Å². The molecule has 1 heteroatoms. The Hall–Kier alpha value is -1.35. The zero-order chi connectivity index (χ0) is 12.2. The van der Waals surface area contributed by atoms with Gasteiger partial charge in [-0.1, -0.05) is 60.7 Å². The van der Waals surface area contributed by atoms with Crippen molar-refractivity contribution in [2.45, 2.75) is 5.92 Å². The SMILES string of the molecule is C1=CC(c2ccccc2[I+]c2ccccc2)C=C1. The molecule has 18 heavy (non-hydrogen) atoms. The first kappa shape index (κ1) is 11.7. The van der Waals surface area contributed by atoms with Gasteiger partial charge < -0.3 is 0 Å². The summed E-state index contributed by atoms with van der Waals surface area (Å²) in [5, 5.41) is 0. The molecule has 0 spiro atoms. The molecule has 1 aliphatic rings. The minimum atomic E-state index is -0.0788. The van der Waals surface area contributed by atoms with Crippen molar-refractivity contribution >= 4 is 0 Å². The Morgan fingerprint density at radius 2 is 1.39 bits per heavy atom. The van der Waals surface area contributed by atoms with Crippen molar-refractivity contribution in [3.05, 3.63) is 91.6 Å². The van der Waals surface area contributed by atoms with Crippen LogP contribution in [0.2, 0.25) is 0 Å². The molecule has 0 nitrogen and oxygen atoms in total. The first-order valence-electron chi connectivity index (χ1n) is 6.07. The summed E-state index contributed by atoms with van der Waals surface area (Å²) in [6.45, 7) is 0. The minimum Gasteiger partial charge on any atom is -0.0731 e. The molecule has 2 aromatic carbocycles. The van der Waals surface area contributed by atoms with Gasteiger partial charge in [-0.05, 0) is 18.2 Å². The van der Waals surface area contributed by atoms with Crippen molar-refractivity contribution in [2.75, 3.05) is 0 Å². The zero-order valence-electron chi connectivity index (χ0n) is 9.96. The predicted octanol–water partition coefficient (Wildman–Crippen LogP) is 1.02. The van der Waals surface area contributed by atoms with Gasteiger partial charge in [0.15, 0.2) is 7.14 Å². The lowest BCUT2D eigenvalue weighted by Gasteiger charge is -2.04. The Morgan fingerprint density at radius 1 is 0.722 bits per heavy atom. The highest BCUT2D eigenvalue weighted by Gasteiger charge is 2.22. The van der Waals surface area contributed by atoms with Crippen LogP contribution >= 0.6 is 0 Å². The van der Waals surface area contributed by atoms with E-state index in [4.69, 9.17) is 0 Å². The number of rotatable bonds is 3. The molecule has 0 N–H and O–H groups in total. The van der Waals surface area contributed by atoms with Crippen molar-refractivity contribution in [3.63, 3.8) is 0 Å². The van der Waals surface area contributed by atoms with E-state index in [0.29, 0.717) is 5.92 Å². The number of hydrogen-bond acceptors (Lipinski definition) is 0. The first-order valence-corrected chi connectivity index (χ1v) is 8.23. The number of allylic oxidation sites excluding steroid dienone is 4. The van der Waals surface area contributed by atoms with Crippen LogP contribution in [-0.4, -0.2) is 0 Å². The van der Waals surface area contributed by atoms with Gasteiger partial charge in [-0.3, -0.25) is 0 Å². The van der Waals surface area contributed by atoms with E-state index in [1.807, 2.05) is 0 Å². The predicted molar refractivity (Wildman–Crippen MR) is 71.3 cm³/mol. The summed E-state index contributed by atoms with van der Waals surface area (Å²) in [7, 11) is 0. The molecule has 0 fully saturated rings. The molecule has 0 unspecified atom stereocenters. The summed E-state index contributed by atoms with van der Waals surface area (Å²) in [4.78, 5) is 0. The molecule has 0 aromatic heterocycles. The molecular weight excluding hydrogens is 331 g/mol. The van der Waals surface area contributed by atoms with Crippen molar-refractivity contribution in [1.82, 2.24) is 0 Å². The minimum absolute atomic E-state index is 0.0788. The average Bonchev–Trinajstić information content (AvgIpc) is 2.94. The van der Waals surface area contributed by atoms with Crippen LogP contribution in [0, 0.1) is 7.14 Å². The number of halogens is 1. The second-order valence-corrected chi connectivity index (χ2v) is 7.15. The highest BCUT2D eigenvalue weighted by Crippen LogP contribution is 2.22. The van der Waals surface area contributed by atoms with Gasteiger partial charge in [0.2, 0.25) is 0 Å². The van der Waals surface area contributed by atoms with Crippen LogP contribution in [0.5, 0.6) is 0 Å². The van der Waals surface area contributed by atoms with Gasteiger partial charge in [0, 0.05) is 11.5 Å². The van der Waals surface area contributed by atoms with Gasteiger partial charge in [0.25, 0.3) is 0 Å². The fourth-order valence-electron chi connectivity index (χ4n) is 2.07. The maximum Gasteiger partial charge on any atom is 0.358 e. The Bertz CT molecular complexity index is 570. The van der Waals surface area contributed by atoms with Crippen LogP contribution in [0.3, 0.4) is 0 Å². The Labute approximate surface area is 118 Å². The van der Waals surface area contributed by atoms with E-state index >= 15 is 0 Å². The lowest BCUT2D eigenvalue weighted by molar-refractivity contribution is -0.598. The van der Waals surface area contributed by atoms with Crippen LogP contribution < -0.4 is 21.2 Å². The van der Waals surface area contributed by atoms with E-state index in [1.54, 1.807) is 0 Å². The smallest absolute Gasteiger partial charge is 0.0731 e. The van der Waals surface area contributed by atoms with E-state index in [0.717, 1.165) is 0 Å². The van der Waals surface area contributed by atoms with Crippen molar-refractivity contribution in [3.8, 4) is 0 Å². The third-order valence-electron chi connectivity index (χ3n) is 2.96. The topological polar surface area (TPSA) is 0 Å². The fourth-order valence-corrected chi connectivity index (χ4v) is 4.75. The Morgan fingerprint density at radius 3 is 2.17 bits per heavy atom. The summed E-state index contributed by atoms with van der Waals surface area (Å²) < 4.78 is 3.01. The van der Waals surface area contributed by atoms with Gasteiger partial charge in [0.05, 0.1) is 0 Å². The number of benzene rings is 2. The zero-order valence-corrected chi connectivity index (χ0v) is 12.1. The molecule has 1 aliphatic carbocycles. The standard InChI is InChI=1S/C17H14I/c1-2-10-15(11-3-1)18-17-13-7-6-12-16(17)14-8-4-5-9-14/h1-14H/q+1.